The SMILES string of the molecule is Nc1cc(Br)nc(NCC(O)C(F)F)n1. The van der Waals surface area contributed by atoms with Crippen molar-refractivity contribution < 1.29 is 13.9 Å². The summed E-state index contributed by atoms with van der Waals surface area (Å²) in [7, 11) is 0. The molecule has 0 aliphatic heterocycles. The summed E-state index contributed by atoms with van der Waals surface area (Å²) in [4.78, 5) is 7.56. The zero-order valence-electron chi connectivity index (χ0n) is 7.49. The van der Waals surface area contributed by atoms with E-state index in [9.17, 15) is 8.78 Å². The molecular formula is C7H9BrF2N4O. The Balaban J connectivity index is 2.57. The topological polar surface area (TPSA) is 84.1 Å². The summed E-state index contributed by atoms with van der Waals surface area (Å²) in [5.74, 6) is 0.285. The number of nitrogens with one attached hydrogen (secondary N) is 1. The Labute approximate surface area is 92.8 Å². The predicted molar refractivity (Wildman–Crippen MR) is 54.6 cm³/mol. The first-order chi connectivity index (χ1) is 6.99. The Hall–Kier alpha value is -1.02. The van der Waals surface area contributed by atoms with Crippen LogP contribution in [0.4, 0.5) is 20.5 Å². The molecule has 1 rings (SSSR count). The number of nitrogen functional groups attached to an aromatic ring is 1. The molecule has 1 aromatic rings. The molecule has 8 heteroatoms. The lowest BCUT2D eigenvalue weighted by Gasteiger charge is -2.10. The van der Waals surface area contributed by atoms with Gasteiger partial charge in [0.15, 0.2) is 0 Å². The van der Waals surface area contributed by atoms with E-state index in [-0.39, 0.29) is 18.3 Å². The van der Waals surface area contributed by atoms with Crippen molar-refractivity contribution in [2.45, 2.75) is 12.5 Å². The van der Waals surface area contributed by atoms with E-state index in [0.29, 0.717) is 4.60 Å². The van der Waals surface area contributed by atoms with Gasteiger partial charge in [-0.1, -0.05) is 0 Å². The minimum Gasteiger partial charge on any atom is -0.385 e. The number of rotatable bonds is 4. The van der Waals surface area contributed by atoms with Crippen molar-refractivity contribution in [3.8, 4) is 0 Å². The summed E-state index contributed by atoms with van der Waals surface area (Å²) < 4.78 is 24.3. The van der Waals surface area contributed by atoms with Crippen LogP contribution < -0.4 is 11.1 Å². The maximum atomic E-state index is 11.9. The van der Waals surface area contributed by atoms with Crippen LogP contribution in [-0.2, 0) is 0 Å². The van der Waals surface area contributed by atoms with Crippen LogP contribution in [0.2, 0.25) is 0 Å². The lowest BCUT2D eigenvalue weighted by Crippen LogP contribution is -2.27. The van der Waals surface area contributed by atoms with Crippen molar-refractivity contribution >= 4 is 27.7 Å². The van der Waals surface area contributed by atoms with E-state index in [1.807, 2.05) is 0 Å². The Morgan fingerprint density at radius 3 is 2.73 bits per heavy atom. The molecule has 1 unspecified atom stereocenters. The van der Waals surface area contributed by atoms with Crippen LogP contribution in [0.5, 0.6) is 0 Å². The van der Waals surface area contributed by atoms with Crippen molar-refractivity contribution in [1.82, 2.24) is 9.97 Å². The number of alkyl halides is 2. The molecule has 1 heterocycles. The molecule has 15 heavy (non-hydrogen) atoms. The molecule has 0 aromatic carbocycles. The average molecular weight is 283 g/mol. The standard InChI is InChI=1S/C7H9BrF2N4O/c8-4-1-5(11)14-7(13-4)12-2-3(15)6(9)10/h1,3,6,15H,2H2,(H3,11,12,13,14). The van der Waals surface area contributed by atoms with Crippen molar-refractivity contribution in [3.63, 3.8) is 0 Å². The van der Waals surface area contributed by atoms with Crippen LogP contribution in [0.1, 0.15) is 0 Å². The van der Waals surface area contributed by atoms with E-state index in [2.05, 4.69) is 31.2 Å². The smallest absolute Gasteiger partial charge is 0.265 e. The number of halogens is 3. The monoisotopic (exact) mass is 282 g/mol. The highest BCUT2D eigenvalue weighted by molar-refractivity contribution is 9.10. The number of aromatic nitrogens is 2. The zero-order chi connectivity index (χ0) is 11.4. The first-order valence-corrected chi connectivity index (χ1v) is 4.78. The largest absolute Gasteiger partial charge is 0.385 e. The second-order valence-electron chi connectivity index (χ2n) is 2.72. The van der Waals surface area contributed by atoms with Crippen LogP contribution >= 0.6 is 15.9 Å². The number of hydrogen-bond acceptors (Lipinski definition) is 5. The molecular weight excluding hydrogens is 274 g/mol. The molecule has 0 amide bonds. The maximum absolute atomic E-state index is 11.9. The molecule has 4 N–H and O–H groups in total. The quantitative estimate of drug-likeness (QED) is 0.714. The van der Waals surface area contributed by atoms with Crippen LogP contribution in [0, 0.1) is 0 Å². The summed E-state index contributed by atoms with van der Waals surface area (Å²) in [6, 6.07) is 1.47. The molecule has 84 valence electrons. The van der Waals surface area contributed by atoms with Gasteiger partial charge in [0.25, 0.3) is 6.43 Å². The molecule has 0 bridgehead atoms. The highest BCUT2D eigenvalue weighted by Gasteiger charge is 2.16. The minimum atomic E-state index is -2.80. The number of nitrogens with two attached hydrogens (primary N) is 1. The van der Waals surface area contributed by atoms with Crippen molar-refractivity contribution in [2.24, 2.45) is 0 Å². The van der Waals surface area contributed by atoms with E-state index in [1.54, 1.807) is 0 Å². The fourth-order valence-electron chi connectivity index (χ4n) is 0.799. The summed E-state index contributed by atoms with van der Waals surface area (Å²) in [5, 5.41) is 11.3. The second kappa shape index (κ2) is 5.17. The summed E-state index contributed by atoms with van der Waals surface area (Å²) in [6.07, 6.45) is -4.56. The van der Waals surface area contributed by atoms with Crippen molar-refractivity contribution in [1.29, 1.82) is 0 Å². The first kappa shape index (κ1) is 12.1. The molecule has 0 fully saturated rings. The highest BCUT2D eigenvalue weighted by Crippen LogP contribution is 2.12. The lowest BCUT2D eigenvalue weighted by atomic mass is 10.4. The van der Waals surface area contributed by atoms with Gasteiger partial charge >= 0.3 is 0 Å². The molecule has 5 nitrogen and oxygen atoms in total. The molecule has 0 radical (unpaired) electrons. The molecule has 0 aliphatic rings. The molecule has 1 aromatic heterocycles. The maximum Gasteiger partial charge on any atom is 0.265 e. The number of aliphatic hydroxyl groups is 1. The van der Waals surface area contributed by atoms with Crippen LogP contribution in [0.15, 0.2) is 10.7 Å². The van der Waals surface area contributed by atoms with Gasteiger partial charge in [-0.05, 0) is 15.9 Å². The predicted octanol–water partition coefficient (Wildman–Crippen LogP) is 0.859. The molecule has 0 saturated carbocycles. The van der Waals surface area contributed by atoms with Gasteiger partial charge in [0.1, 0.15) is 16.5 Å². The molecule has 0 aliphatic carbocycles. The average Bonchev–Trinajstić information content (AvgIpc) is 2.12. The lowest BCUT2D eigenvalue weighted by molar-refractivity contribution is 0.00376. The van der Waals surface area contributed by atoms with E-state index in [4.69, 9.17) is 10.8 Å². The van der Waals surface area contributed by atoms with E-state index in [0.717, 1.165) is 0 Å². The van der Waals surface area contributed by atoms with Crippen LogP contribution in [0.25, 0.3) is 0 Å². The number of hydrogen-bond donors (Lipinski definition) is 3. The fourth-order valence-corrected chi connectivity index (χ4v) is 1.20. The Kier molecular flexibility index (Phi) is 4.15. The molecule has 1 atom stereocenters. The van der Waals surface area contributed by atoms with Gasteiger partial charge in [-0.15, -0.1) is 0 Å². The first-order valence-electron chi connectivity index (χ1n) is 3.99. The summed E-state index contributed by atoms with van der Waals surface area (Å²) >= 11 is 3.07. The highest BCUT2D eigenvalue weighted by atomic mass is 79.9. The van der Waals surface area contributed by atoms with Crippen LogP contribution in [0.3, 0.4) is 0 Å². The number of anilines is 2. The fraction of sp³-hybridized carbons (Fsp3) is 0.429. The summed E-state index contributed by atoms with van der Waals surface area (Å²) in [6.45, 7) is -0.340. The van der Waals surface area contributed by atoms with Crippen molar-refractivity contribution in [3.05, 3.63) is 10.7 Å². The van der Waals surface area contributed by atoms with Gasteiger partial charge in [-0.2, -0.15) is 4.98 Å². The van der Waals surface area contributed by atoms with E-state index >= 15 is 0 Å². The molecule has 0 spiro atoms. The van der Waals surface area contributed by atoms with Gasteiger partial charge in [0.05, 0.1) is 0 Å². The van der Waals surface area contributed by atoms with Gasteiger partial charge in [-0.3, -0.25) is 0 Å². The third-order valence-corrected chi connectivity index (χ3v) is 1.88. The Morgan fingerprint density at radius 2 is 2.20 bits per heavy atom. The number of nitrogens with zero attached hydrogens (tertiary/aromatic N) is 2. The van der Waals surface area contributed by atoms with Gasteiger partial charge in [0.2, 0.25) is 5.95 Å². The van der Waals surface area contributed by atoms with E-state index in [1.165, 1.54) is 6.07 Å². The Bertz CT molecular complexity index is 319. The van der Waals surface area contributed by atoms with Crippen LogP contribution in [-0.4, -0.2) is 34.1 Å². The van der Waals surface area contributed by atoms with E-state index < -0.39 is 12.5 Å². The van der Waals surface area contributed by atoms with Gasteiger partial charge < -0.3 is 16.2 Å². The van der Waals surface area contributed by atoms with Crippen molar-refractivity contribution in [2.75, 3.05) is 17.6 Å². The third-order valence-electron chi connectivity index (χ3n) is 1.47. The summed E-state index contributed by atoms with van der Waals surface area (Å²) in [5.41, 5.74) is 5.39. The van der Waals surface area contributed by atoms with Gasteiger partial charge in [0, 0.05) is 12.6 Å². The Morgan fingerprint density at radius 1 is 1.53 bits per heavy atom. The number of aliphatic hydroxyl groups excluding tert-OH is 1. The second-order valence-corrected chi connectivity index (χ2v) is 3.53. The molecule has 0 saturated heterocycles. The van der Waals surface area contributed by atoms with Gasteiger partial charge in [-0.25, -0.2) is 13.8 Å². The zero-order valence-corrected chi connectivity index (χ0v) is 9.08. The normalized spacial score (nSPS) is 12.9. The minimum absolute atomic E-state index is 0.0848. The third kappa shape index (κ3) is 3.92.